The van der Waals surface area contributed by atoms with Gasteiger partial charge >= 0.3 is 8.60 Å². The van der Waals surface area contributed by atoms with Gasteiger partial charge in [0.2, 0.25) is 0 Å². The van der Waals surface area contributed by atoms with Crippen LogP contribution in [0.15, 0.2) is 0 Å². The number of hydrogen-bond acceptors (Lipinski definition) is 3. The Morgan fingerprint density at radius 3 is 1.70 bits per heavy atom. The standard InChI is InChI=1S/C4H11O3P.C2H2/c1-3-6-8(5)7-4-2;1-2/h5H,3-4H2,1-2H3;1-2H. The number of terminal acetylenes is 1. The quantitative estimate of drug-likeness (QED) is 0.505. The molecule has 0 bridgehead atoms. The average molecular weight is 164 g/mol. The molecule has 0 amide bonds. The normalized spacial score (nSPS) is 8.60. The highest BCUT2D eigenvalue weighted by molar-refractivity contribution is 7.40. The Kier molecular flexibility index (Phi) is 14.6. The van der Waals surface area contributed by atoms with E-state index in [0.29, 0.717) is 13.2 Å². The van der Waals surface area contributed by atoms with E-state index >= 15 is 0 Å². The fraction of sp³-hybridized carbons (Fsp3) is 0.667. The van der Waals surface area contributed by atoms with E-state index < -0.39 is 8.60 Å². The predicted octanol–water partition coefficient (Wildman–Crippen LogP) is 1.53. The molecule has 60 valence electrons. The largest absolute Gasteiger partial charge is 0.329 e. The van der Waals surface area contributed by atoms with E-state index in [0.717, 1.165) is 0 Å². The van der Waals surface area contributed by atoms with E-state index in [1.807, 2.05) is 13.8 Å². The highest BCUT2D eigenvalue weighted by Gasteiger charge is 2.00. The summed E-state index contributed by atoms with van der Waals surface area (Å²) >= 11 is 0. The van der Waals surface area contributed by atoms with E-state index in [-0.39, 0.29) is 0 Å². The minimum Gasteiger partial charge on any atom is -0.328 e. The molecule has 0 aliphatic rings. The Labute approximate surface area is 63.4 Å². The molecule has 0 radical (unpaired) electrons. The minimum absolute atomic E-state index is 0.502. The Morgan fingerprint density at radius 2 is 1.50 bits per heavy atom. The van der Waals surface area contributed by atoms with Crippen LogP contribution in [0.25, 0.3) is 0 Å². The smallest absolute Gasteiger partial charge is 0.328 e. The Hall–Kier alpha value is -0.130. The third kappa shape index (κ3) is 10.8. The van der Waals surface area contributed by atoms with Crippen LogP contribution in [0.1, 0.15) is 13.8 Å². The maximum Gasteiger partial charge on any atom is 0.329 e. The zero-order valence-electron chi connectivity index (χ0n) is 6.28. The van der Waals surface area contributed by atoms with E-state index in [9.17, 15) is 0 Å². The zero-order valence-corrected chi connectivity index (χ0v) is 7.17. The fourth-order valence-electron chi connectivity index (χ4n) is 0.258. The van der Waals surface area contributed by atoms with Gasteiger partial charge in [-0.2, -0.15) is 0 Å². The van der Waals surface area contributed by atoms with Gasteiger partial charge in [0.25, 0.3) is 0 Å². The zero-order chi connectivity index (χ0) is 8.41. The van der Waals surface area contributed by atoms with Crippen LogP contribution in [-0.2, 0) is 9.05 Å². The predicted molar refractivity (Wildman–Crippen MR) is 42.3 cm³/mol. The topological polar surface area (TPSA) is 38.7 Å². The second-order valence-corrected chi connectivity index (χ2v) is 2.07. The maximum absolute atomic E-state index is 8.67. The van der Waals surface area contributed by atoms with Crippen molar-refractivity contribution >= 4 is 8.60 Å². The van der Waals surface area contributed by atoms with Crippen molar-refractivity contribution in [1.82, 2.24) is 0 Å². The van der Waals surface area contributed by atoms with Gasteiger partial charge in [0, 0.05) is 0 Å². The van der Waals surface area contributed by atoms with Crippen LogP contribution in [0.4, 0.5) is 0 Å². The SMILES string of the molecule is C#C.CCOP(O)OCC. The molecule has 1 N–H and O–H groups in total. The van der Waals surface area contributed by atoms with Crippen molar-refractivity contribution in [3.63, 3.8) is 0 Å². The Morgan fingerprint density at radius 1 is 1.20 bits per heavy atom. The van der Waals surface area contributed by atoms with Gasteiger partial charge in [-0.15, -0.1) is 12.8 Å². The van der Waals surface area contributed by atoms with Crippen molar-refractivity contribution in [3.05, 3.63) is 0 Å². The highest BCUT2D eigenvalue weighted by atomic mass is 31.2. The third-order valence-electron chi connectivity index (χ3n) is 0.479. The molecule has 0 rings (SSSR count). The van der Waals surface area contributed by atoms with Crippen LogP contribution in [0.2, 0.25) is 0 Å². The van der Waals surface area contributed by atoms with E-state index in [1.54, 1.807) is 0 Å². The average Bonchev–Trinajstić information content (AvgIpc) is 1.93. The van der Waals surface area contributed by atoms with Crippen molar-refractivity contribution in [2.45, 2.75) is 13.8 Å². The molecular formula is C6H13O3P. The molecule has 3 nitrogen and oxygen atoms in total. The van der Waals surface area contributed by atoms with E-state index in [2.05, 4.69) is 21.9 Å². The second-order valence-electron chi connectivity index (χ2n) is 1.07. The molecule has 0 fully saturated rings. The molecule has 0 atom stereocenters. The van der Waals surface area contributed by atoms with Gasteiger partial charge in [0.05, 0.1) is 13.2 Å². The van der Waals surface area contributed by atoms with Gasteiger partial charge in [0.1, 0.15) is 0 Å². The van der Waals surface area contributed by atoms with Gasteiger partial charge in [0.15, 0.2) is 0 Å². The molecule has 0 unspecified atom stereocenters. The van der Waals surface area contributed by atoms with Gasteiger partial charge in [-0.3, -0.25) is 0 Å². The molecule has 0 saturated carbocycles. The first-order valence-corrected chi connectivity index (χ1v) is 4.02. The van der Waals surface area contributed by atoms with Crippen molar-refractivity contribution in [2.75, 3.05) is 13.2 Å². The summed E-state index contributed by atoms with van der Waals surface area (Å²) in [6, 6.07) is 0. The lowest BCUT2D eigenvalue weighted by Crippen LogP contribution is -1.87. The lowest BCUT2D eigenvalue weighted by molar-refractivity contribution is 0.216. The first kappa shape index (κ1) is 12.5. The molecule has 0 aromatic heterocycles. The summed E-state index contributed by atoms with van der Waals surface area (Å²) in [6.07, 6.45) is 8.00. The van der Waals surface area contributed by atoms with Crippen LogP contribution in [0.3, 0.4) is 0 Å². The molecule has 0 saturated heterocycles. The van der Waals surface area contributed by atoms with Gasteiger partial charge < -0.3 is 13.9 Å². The van der Waals surface area contributed by atoms with Crippen LogP contribution in [0.5, 0.6) is 0 Å². The summed E-state index contributed by atoms with van der Waals surface area (Å²) in [4.78, 5) is 8.67. The maximum atomic E-state index is 8.67. The fourth-order valence-corrected chi connectivity index (χ4v) is 0.774. The summed E-state index contributed by atoms with van der Waals surface area (Å²) in [5.74, 6) is 0. The molecule has 0 aliphatic carbocycles. The molecule has 0 aliphatic heterocycles. The van der Waals surface area contributed by atoms with Gasteiger partial charge in [-0.05, 0) is 13.8 Å². The first-order chi connectivity index (χ1) is 4.81. The highest BCUT2D eigenvalue weighted by Crippen LogP contribution is 2.31. The summed E-state index contributed by atoms with van der Waals surface area (Å²) in [5, 5.41) is 0. The summed E-state index contributed by atoms with van der Waals surface area (Å²) in [6.45, 7) is 4.62. The molecule has 0 aromatic rings. The molecule has 0 spiro atoms. The van der Waals surface area contributed by atoms with Crippen LogP contribution < -0.4 is 0 Å². The molecular weight excluding hydrogens is 151 g/mol. The van der Waals surface area contributed by atoms with Crippen molar-refractivity contribution in [1.29, 1.82) is 0 Å². The Balaban J connectivity index is 0. The molecule has 10 heavy (non-hydrogen) atoms. The number of rotatable bonds is 4. The molecule has 4 heteroatoms. The third-order valence-corrected chi connectivity index (χ3v) is 1.44. The van der Waals surface area contributed by atoms with Crippen molar-refractivity contribution < 1.29 is 13.9 Å². The van der Waals surface area contributed by atoms with Gasteiger partial charge in [-0.1, -0.05) is 0 Å². The minimum atomic E-state index is -1.58. The van der Waals surface area contributed by atoms with E-state index in [1.165, 1.54) is 0 Å². The lowest BCUT2D eigenvalue weighted by Gasteiger charge is -2.05. The van der Waals surface area contributed by atoms with Crippen LogP contribution in [-0.4, -0.2) is 18.1 Å². The first-order valence-electron chi connectivity index (χ1n) is 2.89. The lowest BCUT2D eigenvalue weighted by atomic mass is 10.9. The van der Waals surface area contributed by atoms with Crippen molar-refractivity contribution in [2.24, 2.45) is 0 Å². The summed E-state index contributed by atoms with van der Waals surface area (Å²) in [5.41, 5.74) is 0. The van der Waals surface area contributed by atoms with Crippen LogP contribution >= 0.6 is 8.60 Å². The van der Waals surface area contributed by atoms with E-state index in [4.69, 9.17) is 4.89 Å². The summed E-state index contributed by atoms with van der Waals surface area (Å²) in [7, 11) is -1.58. The number of hydrogen-bond donors (Lipinski definition) is 1. The van der Waals surface area contributed by atoms with Crippen molar-refractivity contribution in [3.8, 4) is 12.8 Å². The summed E-state index contributed by atoms with van der Waals surface area (Å²) < 4.78 is 9.36. The second kappa shape index (κ2) is 11.6. The molecule has 0 heterocycles. The molecule has 0 aromatic carbocycles. The van der Waals surface area contributed by atoms with Crippen LogP contribution in [0, 0.1) is 12.8 Å². The monoisotopic (exact) mass is 164 g/mol. The Bertz CT molecular complexity index is 68.6. The van der Waals surface area contributed by atoms with Gasteiger partial charge in [-0.25, -0.2) is 0 Å².